The first kappa shape index (κ1) is 12.0. The van der Waals surface area contributed by atoms with E-state index in [0.717, 1.165) is 5.75 Å². The van der Waals surface area contributed by atoms with Crippen LogP contribution in [0.5, 0.6) is 5.75 Å². The summed E-state index contributed by atoms with van der Waals surface area (Å²) in [6.45, 7) is 4.50. The van der Waals surface area contributed by atoms with Crippen molar-refractivity contribution in [1.29, 1.82) is 0 Å². The van der Waals surface area contributed by atoms with Crippen molar-refractivity contribution in [3.05, 3.63) is 30.0 Å². The van der Waals surface area contributed by atoms with Gasteiger partial charge in [0.05, 0.1) is 7.11 Å². The summed E-state index contributed by atoms with van der Waals surface area (Å²) in [6, 6.07) is 8.62. The van der Waals surface area contributed by atoms with E-state index in [1.165, 1.54) is 16.6 Å². The highest BCUT2D eigenvalue weighted by molar-refractivity contribution is 5.83. The van der Waals surface area contributed by atoms with E-state index < -0.39 is 0 Å². The predicted molar refractivity (Wildman–Crippen MR) is 69.7 cm³/mol. The number of hydrogen-bond donors (Lipinski definition) is 1. The maximum Gasteiger partial charge on any atom is 0.119 e. The Morgan fingerprint density at radius 2 is 2.06 bits per heavy atom. The van der Waals surface area contributed by atoms with Gasteiger partial charge in [0.25, 0.3) is 0 Å². The van der Waals surface area contributed by atoms with Gasteiger partial charge in [0.2, 0.25) is 0 Å². The van der Waals surface area contributed by atoms with Crippen LogP contribution < -0.4 is 4.74 Å². The second kappa shape index (κ2) is 4.80. The van der Waals surface area contributed by atoms with Gasteiger partial charge in [-0.25, -0.2) is 0 Å². The minimum absolute atomic E-state index is 0.181. The Morgan fingerprint density at radius 3 is 2.65 bits per heavy atom. The summed E-state index contributed by atoms with van der Waals surface area (Å²) in [7, 11) is 1.68. The first-order valence-corrected chi connectivity index (χ1v) is 5.96. The standard InChI is InChI=1S/C14H19NO2/c1-10(2)15-12(6-7-16)8-11-9-13(17-3)4-5-14(11)15/h4-5,8-10,16H,6-7H2,1-3H3. The molecule has 0 radical (unpaired) electrons. The van der Waals surface area contributed by atoms with E-state index in [9.17, 15) is 0 Å². The highest BCUT2D eigenvalue weighted by Gasteiger charge is 2.11. The molecule has 2 rings (SSSR count). The summed E-state index contributed by atoms with van der Waals surface area (Å²) in [6.07, 6.45) is 0.690. The molecule has 0 fully saturated rings. The van der Waals surface area contributed by atoms with Crippen molar-refractivity contribution >= 4 is 10.9 Å². The number of benzene rings is 1. The van der Waals surface area contributed by atoms with Gasteiger partial charge < -0.3 is 14.4 Å². The molecule has 1 aromatic heterocycles. The Kier molecular flexibility index (Phi) is 3.38. The van der Waals surface area contributed by atoms with Gasteiger partial charge in [0, 0.05) is 35.7 Å². The molecule has 0 unspecified atom stereocenters. The van der Waals surface area contributed by atoms with E-state index in [0.29, 0.717) is 12.5 Å². The lowest BCUT2D eigenvalue weighted by molar-refractivity contribution is 0.296. The van der Waals surface area contributed by atoms with Gasteiger partial charge in [-0.05, 0) is 38.1 Å². The van der Waals surface area contributed by atoms with Crippen LogP contribution in [-0.2, 0) is 6.42 Å². The highest BCUT2D eigenvalue weighted by atomic mass is 16.5. The molecule has 1 aromatic carbocycles. The second-order valence-electron chi connectivity index (χ2n) is 4.50. The van der Waals surface area contributed by atoms with Gasteiger partial charge in [0.15, 0.2) is 0 Å². The van der Waals surface area contributed by atoms with Gasteiger partial charge in [-0.1, -0.05) is 0 Å². The van der Waals surface area contributed by atoms with Crippen LogP contribution >= 0.6 is 0 Å². The fourth-order valence-corrected chi connectivity index (χ4v) is 2.32. The van der Waals surface area contributed by atoms with E-state index in [1.54, 1.807) is 7.11 Å². The summed E-state index contributed by atoms with van der Waals surface area (Å²) >= 11 is 0. The summed E-state index contributed by atoms with van der Waals surface area (Å²) in [4.78, 5) is 0. The Bertz CT molecular complexity index is 514. The minimum Gasteiger partial charge on any atom is -0.497 e. The van der Waals surface area contributed by atoms with Gasteiger partial charge in [0.1, 0.15) is 5.75 Å². The van der Waals surface area contributed by atoms with Crippen LogP contribution in [0.25, 0.3) is 10.9 Å². The summed E-state index contributed by atoms with van der Waals surface area (Å²) in [5.74, 6) is 0.869. The molecule has 0 bridgehead atoms. The van der Waals surface area contributed by atoms with Crippen LogP contribution in [0.4, 0.5) is 0 Å². The first-order valence-electron chi connectivity index (χ1n) is 5.96. The number of ether oxygens (including phenoxy) is 1. The Labute approximate surface area is 102 Å². The molecule has 3 heteroatoms. The quantitative estimate of drug-likeness (QED) is 0.881. The summed E-state index contributed by atoms with van der Waals surface area (Å²) in [5, 5.41) is 10.3. The molecule has 0 atom stereocenters. The lowest BCUT2D eigenvalue weighted by Gasteiger charge is -2.14. The van der Waals surface area contributed by atoms with Crippen molar-refractivity contribution in [1.82, 2.24) is 4.57 Å². The van der Waals surface area contributed by atoms with Crippen molar-refractivity contribution in [3.8, 4) is 5.75 Å². The smallest absolute Gasteiger partial charge is 0.119 e. The SMILES string of the molecule is COc1ccc2c(c1)cc(CCO)n2C(C)C. The molecule has 0 saturated carbocycles. The number of hydrogen-bond acceptors (Lipinski definition) is 2. The van der Waals surface area contributed by atoms with E-state index in [-0.39, 0.29) is 6.61 Å². The predicted octanol–water partition coefficient (Wildman–Crippen LogP) is 2.77. The molecule has 0 aliphatic carbocycles. The van der Waals surface area contributed by atoms with E-state index in [1.807, 2.05) is 12.1 Å². The van der Waals surface area contributed by atoms with Crippen molar-refractivity contribution < 1.29 is 9.84 Å². The van der Waals surface area contributed by atoms with Crippen molar-refractivity contribution in [2.75, 3.05) is 13.7 Å². The zero-order valence-electron chi connectivity index (χ0n) is 10.6. The molecule has 1 heterocycles. The van der Waals surface area contributed by atoms with Crippen LogP contribution in [0.1, 0.15) is 25.6 Å². The van der Waals surface area contributed by atoms with Crippen LogP contribution in [0, 0.1) is 0 Å². The molecule has 0 spiro atoms. The monoisotopic (exact) mass is 233 g/mol. The Balaban J connectivity index is 2.61. The van der Waals surface area contributed by atoms with Gasteiger partial charge in [-0.3, -0.25) is 0 Å². The van der Waals surface area contributed by atoms with Crippen molar-refractivity contribution in [2.45, 2.75) is 26.3 Å². The summed E-state index contributed by atoms with van der Waals surface area (Å²) < 4.78 is 7.50. The lowest BCUT2D eigenvalue weighted by atomic mass is 10.2. The number of methoxy groups -OCH3 is 1. The van der Waals surface area contributed by atoms with Gasteiger partial charge >= 0.3 is 0 Å². The zero-order valence-corrected chi connectivity index (χ0v) is 10.6. The fourth-order valence-electron chi connectivity index (χ4n) is 2.32. The van der Waals surface area contributed by atoms with E-state index >= 15 is 0 Å². The van der Waals surface area contributed by atoms with E-state index in [4.69, 9.17) is 9.84 Å². The highest BCUT2D eigenvalue weighted by Crippen LogP contribution is 2.27. The third kappa shape index (κ3) is 2.15. The third-order valence-electron chi connectivity index (χ3n) is 3.01. The van der Waals surface area contributed by atoms with Crippen LogP contribution in [0.2, 0.25) is 0 Å². The van der Waals surface area contributed by atoms with Crippen LogP contribution in [0.15, 0.2) is 24.3 Å². The molecular weight excluding hydrogens is 214 g/mol. The number of nitrogens with zero attached hydrogens (tertiary/aromatic N) is 1. The maximum absolute atomic E-state index is 9.11. The normalized spacial score (nSPS) is 11.4. The molecule has 3 nitrogen and oxygen atoms in total. The number of rotatable bonds is 4. The molecule has 17 heavy (non-hydrogen) atoms. The summed E-state index contributed by atoms with van der Waals surface area (Å²) in [5.41, 5.74) is 2.37. The van der Waals surface area contributed by atoms with Crippen LogP contribution in [0.3, 0.4) is 0 Å². The molecule has 1 N–H and O–H groups in total. The zero-order chi connectivity index (χ0) is 12.4. The molecule has 0 amide bonds. The lowest BCUT2D eigenvalue weighted by Crippen LogP contribution is -2.06. The first-order chi connectivity index (χ1) is 8.17. The molecule has 0 aliphatic rings. The molecule has 0 aliphatic heterocycles. The second-order valence-corrected chi connectivity index (χ2v) is 4.50. The molecule has 2 aromatic rings. The maximum atomic E-state index is 9.11. The number of aliphatic hydroxyl groups excluding tert-OH is 1. The van der Waals surface area contributed by atoms with Gasteiger partial charge in [-0.15, -0.1) is 0 Å². The number of aliphatic hydroxyl groups is 1. The number of aromatic nitrogens is 1. The van der Waals surface area contributed by atoms with Gasteiger partial charge in [-0.2, -0.15) is 0 Å². The third-order valence-corrected chi connectivity index (χ3v) is 3.01. The van der Waals surface area contributed by atoms with Crippen molar-refractivity contribution in [3.63, 3.8) is 0 Å². The van der Waals surface area contributed by atoms with Crippen LogP contribution in [-0.4, -0.2) is 23.4 Å². The fraction of sp³-hybridized carbons (Fsp3) is 0.429. The number of fused-ring (bicyclic) bond motifs is 1. The molecule has 92 valence electrons. The van der Waals surface area contributed by atoms with Crippen molar-refractivity contribution in [2.24, 2.45) is 0 Å². The molecular formula is C14H19NO2. The average Bonchev–Trinajstić information content (AvgIpc) is 2.66. The van der Waals surface area contributed by atoms with E-state index in [2.05, 4.69) is 30.5 Å². The topological polar surface area (TPSA) is 34.4 Å². The average molecular weight is 233 g/mol. The Hall–Kier alpha value is -1.48. The minimum atomic E-state index is 0.181. The largest absolute Gasteiger partial charge is 0.497 e. The molecule has 0 saturated heterocycles. The Morgan fingerprint density at radius 1 is 1.29 bits per heavy atom.